The number of amides is 1. The Kier molecular flexibility index (Phi) is 5.65. The number of hydrogen-bond donors (Lipinski definition) is 1. The molecule has 6 heteroatoms. The molecule has 0 radical (unpaired) electrons. The van der Waals surface area contributed by atoms with E-state index in [2.05, 4.69) is 12.2 Å². The van der Waals surface area contributed by atoms with Gasteiger partial charge in [0.05, 0.1) is 5.56 Å². The Morgan fingerprint density at radius 2 is 1.83 bits per heavy atom. The highest BCUT2D eigenvalue weighted by Gasteiger charge is 2.34. The van der Waals surface area contributed by atoms with E-state index >= 15 is 0 Å². The predicted octanol–water partition coefficient (Wildman–Crippen LogP) is 6.92. The number of benzene rings is 2. The molecule has 29 heavy (non-hydrogen) atoms. The van der Waals surface area contributed by atoms with E-state index in [9.17, 15) is 18.0 Å². The lowest BCUT2D eigenvalue weighted by atomic mass is 9.80. The lowest BCUT2D eigenvalue weighted by Crippen LogP contribution is -2.28. The Hall–Kier alpha value is -1.95. The zero-order chi connectivity index (χ0) is 20.6. The summed E-state index contributed by atoms with van der Waals surface area (Å²) >= 11 is 1.34. The minimum Gasteiger partial charge on any atom is -0.326 e. The summed E-state index contributed by atoms with van der Waals surface area (Å²) in [6.07, 6.45) is 0.829. The summed E-state index contributed by atoms with van der Waals surface area (Å²) < 4.78 is 40.5. The quantitative estimate of drug-likeness (QED) is 0.499. The molecule has 1 saturated carbocycles. The van der Waals surface area contributed by atoms with Gasteiger partial charge in [-0.05, 0) is 60.9 Å². The van der Waals surface area contributed by atoms with Crippen LogP contribution in [0.5, 0.6) is 0 Å². The monoisotopic (exact) mass is 419 g/mol. The van der Waals surface area contributed by atoms with Crippen LogP contribution in [0.25, 0.3) is 0 Å². The predicted molar refractivity (Wildman–Crippen MR) is 109 cm³/mol. The smallest absolute Gasteiger partial charge is 0.326 e. The van der Waals surface area contributed by atoms with E-state index < -0.39 is 11.7 Å². The summed E-state index contributed by atoms with van der Waals surface area (Å²) in [4.78, 5) is 14.4. The van der Waals surface area contributed by atoms with Crippen molar-refractivity contribution in [1.29, 1.82) is 0 Å². The molecule has 2 nitrogen and oxygen atoms in total. The molecule has 1 fully saturated rings. The molecule has 0 spiro atoms. The van der Waals surface area contributed by atoms with Gasteiger partial charge in [-0.3, -0.25) is 4.79 Å². The average Bonchev–Trinajstić information content (AvgIpc) is 2.71. The van der Waals surface area contributed by atoms with E-state index in [0.717, 1.165) is 54.2 Å². The first-order chi connectivity index (χ1) is 13.8. The molecular weight excluding hydrogens is 395 g/mol. The van der Waals surface area contributed by atoms with Crippen LogP contribution in [0.3, 0.4) is 0 Å². The number of halogens is 3. The zero-order valence-electron chi connectivity index (χ0n) is 16.3. The lowest BCUT2D eigenvalue weighted by molar-refractivity contribution is -0.137. The first-order valence-electron chi connectivity index (χ1n) is 10.2. The standard InChI is InChI=1S/C23H24F3NOS/c1-2-14-7-9-15(10-8-14)22(28)27-19-12-17(23(24,25)26)13-21-18(19)11-16-5-3-4-6-20(16)29-21/h3-6,12-15H,2,7-11H2,1H3,(H,27,28). The Bertz CT molecular complexity index is 917. The molecule has 2 aliphatic rings. The van der Waals surface area contributed by atoms with Crippen molar-refractivity contribution in [3.63, 3.8) is 0 Å². The third kappa shape index (κ3) is 4.32. The normalized spacial score (nSPS) is 21.2. The van der Waals surface area contributed by atoms with Crippen LogP contribution < -0.4 is 5.32 Å². The highest BCUT2D eigenvalue weighted by molar-refractivity contribution is 7.99. The Morgan fingerprint density at radius 1 is 1.10 bits per heavy atom. The fraction of sp³-hybridized carbons (Fsp3) is 0.435. The average molecular weight is 420 g/mol. The van der Waals surface area contributed by atoms with Crippen LogP contribution in [-0.2, 0) is 17.4 Å². The number of nitrogens with one attached hydrogen (secondary N) is 1. The molecule has 0 unspecified atom stereocenters. The number of anilines is 1. The van der Waals surface area contributed by atoms with E-state index in [0.29, 0.717) is 22.9 Å². The molecule has 2 aromatic carbocycles. The van der Waals surface area contributed by atoms with Gasteiger partial charge in [-0.25, -0.2) is 0 Å². The molecule has 1 heterocycles. The summed E-state index contributed by atoms with van der Waals surface area (Å²) in [5, 5.41) is 2.86. The molecule has 1 amide bonds. The van der Waals surface area contributed by atoms with Gasteiger partial charge >= 0.3 is 6.18 Å². The second-order valence-corrected chi connectivity index (χ2v) is 9.08. The molecule has 0 aromatic heterocycles. The molecule has 4 rings (SSSR count). The van der Waals surface area contributed by atoms with Crippen LogP contribution in [0.15, 0.2) is 46.2 Å². The van der Waals surface area contributed by atoms with E-state index in [1.54, 1.807) is 0 Å². The molecule has 0 atom stereocenters. The summed E-state index contributed by atoms with van der Waals surface area (Å²) in [6.45, 7) is 2.16. The Morgan fingerprint density at radius 3 is 2.52 bits per heavy atom. The van der Waals surface area contributed by atoms with Crippen molar-refractivity contribution >= 4 is 23.4 Å². The van der Waals surface area contributed by atoms with Gasteiger partial charge in [0, 0.05) is 27.8 Å². The molecule has 1 N–H and O–H groups in total. The van der Waals surface area contributed by atoms with E-state index in [-0.39, 0.29) is 11.8 Å². The molecule has 0 saturated heterocycles. The van der Waals surface area contributed by atoms with Crippen molar-refractivity contribution in [2.45, 2.75) is 61.4 Å². The first-order valence-corrected chi connectivity index (χ1v) is 11.0. The largest absolute Gasteiger partial charge is 0.416 e. The van der Waals surface area contributed by atoms with Crippen LogP contribution in [-0.4, -0.2) is 5.91 Å². The van der Waals surface area contributed by atoms with E-state index in [1.807, 2.05) is 24.3 Å². The van der Waals surface area contributed by atoms with Crippen molar-refractivity contribution in [1.82, 2.24) is 0 Å². The van der Waals surface area contributed by atoms with Gasteiger partial charge in [-0.15, -0.1) is 0 Å². The number of carbonyl (C=O) groups excluding carboxylic acids is 1. The summed E-state index contributed by atoms with van der Waals surface area (Å²) in [7, 11) is 0. The topological polar surface area (TPSA) is 29.1 Å². The zero-order valence-corrected chi connectivity index (χ0v) is 17.1. The molecule has 0 bridgehead atoms. The van der Waals surface area contributed by atoms with Crippen LogP contribution in [0, 0.1) is 11.8 Å². The number of carbonyl (C=O) groups is 1. The minimum atomic E-state index is -4.45. The van der Waals surface area contributed by atoms with Crippen LogP contribution in [0.1, 0.15) is 55.7 Å². The summed E-state index contributed by atoms with van der Waals surface area (Å²) in [6, 6.07) is 10.0. The molecule has 1 aliphatic carbocycles. The third-order valence-corrected chi connectivity index (χ3v) is 7.35. The number of rotatable bonds is 3. The number of alkyl halides is 3. The second-order valence-electron chi connectivity index (χ2n) is 8.00. The van der Waals surface area contributed by atoms with Crippen molar-refractivity contribution in [3.05, 3.63) is 53.1 Å². The van der Waals surface area contributed by atoms with Gasteiger partial charge in [-0.1, -0.05) is 43.3 Å². The highest BCUT2D eigenvalue weighted by atomic mass is 32.2. The van der Waals surface area contributed by atoms with Gasteiger partial charge in [-0.2, -0.15) is 13.2 Å². The van der Waals surface area contributed by atoms with Crippen molar-refractivity contribution in [2.24, 2.45) is 11.8 Å². The van der Waals surface area contributed by atoms with Crippen LogP contribution >= 0.6 is 11.8 Å². The second kappa shape index (κ2) is 8.05. The summed E-state index contributed by atoms with van der Waals surface area (Å²) in [5.74, 6) is 0.393. The summed E-state index contributed by atoms with van der Waals surface area (Å²) in [5.41, 5.74) is 1.44. The van der Waals surface area contributed by atoms with Gasteiger partial charge in [0.15, 0.2) is 0 Å². The Balaban J connectivity index is 1.63. The van der Waals surface area contributed by atoms with Crippen LogP contribution in [0.4, 0.5) is 18.9 Å². The van der Waals surface area contributed by atoms with Crippen molar-refractivity contribution in [3.8, 4) is 0 Å². The Labute approximate surface area is 173 Å². The van der Waals surface area contributed by atoms with Gasteiger partial charge < -0.3 is 5.32 Å². The fourth-order valence-corrected chi connectivity index (χ4v) is 5.47. The van der Waals surface area contributed by atoms with Crippen LogP contribution in [0.2, 0.25) is 0 Å². The minimum absolute atomic E-state index is 0.119. The lowest BCUT2D eigenvalue weighted by Gasteiger charge is -2.28. The van der Waals surface area contributed by atoms with E-state index in [4.69, 9.17) is 0 Å². The third-order valence-electron chi connectivity index (χ3n) is 6.15. The molecule has 2 aromatic rings. The number of fused-ring (bicyclic) bond motifs is 2. The molecular formula is C23H24F3NOS. The van der Waals surface area contributed by atoms with Gasteiger partial charge in [0.1, 0.15) is 0 Å². The maximum atomic E-state index is 13.5. The molecule has 1 aliphatic heterocycles. The number of hydrogen-bond acceptors (Lipinski definition) is 2. The van der Waals surface area contributed by atoms with Crippen molar-refractivity contribution in [2.75, 3.05) is 5.32 Å². The highest BCUT2D eigenvalue weighted by Crippen LogP contribution is 2.45. The molecule has 154 valence electrons. The van der Waals surface area contributed by atoms with Gasteiger partial charge in [0.25, 0.3) is 0 Å². The maximum Gasteiger partial charge on any atom is 0.416 e. The fourth-order valence-electron chi connectivity index (χ4n) is 4.32. The van der Waals surface area contributed by atoms with Gasteiger partial charge in [0.2, 0.25) is 5.91 Å². The van der Waals surface area contributed by atoms with E-state index in [1.165, 1.54) is 17.8 Å². The van der Waals surface area contributed by atoms with Crippen molar-refractivity contribution < 1.29 is 18.0 Å². The SMILES string of the molecule is CCC1CCC(C(=O)Nc2cc(C(F)(F)F)cc3c2Cc2ccccc2S3)CC1. The first kappa shape index (κ1) is 20.3. The maximum absolute atomic E-state index is 13.5.